The van der Waals surface area contributed by atoms with Gasteiger partial charge in [0.05, 0.1) is 4.92 Å². The summed E-state index contributed by atoms with van der Waals surface area (Å²) in [5.41, 5.74) is 0.451. The van der Waals surface area contributed by atoms with Crippen molar-refractivity contribution in [1.29, 1.82) is 0 Å². The highest BCUT2D eigenvalue weighted by atomic mass is 79.9. The van der Waals surface area contributed by atoms with E-state index in [-0.39, 0.29) is 5.69 Å². The van der Waals surface area contributed by atoms with Gasteiger partial charge in [-0.25, -0.2) is 0 Å². The molecule has 1 aromatic carbocycles. The summed E-state index contributed by atoms with van der Waals surface area (Å²) in [6.45, 7) is 0.540. The monoisotopic (exact) mass is 346 g/mol. The first-order valence-corrected chi connectivity index (χ1v) is 7.02. The van der Waals surface area contributed by atoms with Crippen LogP contribution in [0, 0.1) is 10.1 Å². The summed E-state index contributed by atoms with van der Waals surface area (Å²) in [5, 5.41) is 16.3. The van der Waals surface area contributed by atoms with Crippen LogP contribution in [0.4, 0.5) is 11.4 Å². The summed E-state index contributed by atoms with van der Waals surface area (Å²) in [5.74, 6) is 0. The fraction of sp³-hybridized carbons (Fsp3) is 0.0909. The number of benzene rings is 1. The summed E-state index contributed by atoms with van der Waals surface area (Å²) in [7, 11) is 0. The van der Waals surface area contributed by atoms with Gasteiger partial charge >= 0.3 is 0 Å². The summed E-state index contributed by atoms with van der Waals surface area (Å²) in [6.07, 6.45) is 0. The first-order valence-electron chi connectivity index (χ1n) is 4.97. The number of hydrogen-bond donors (Lipinski definition) is 1. The van der Waals surface area contributed by atoms with Gasteiger partial charge in [0.1, 0.15) is 5.69 Å². The van der Waals surface area contributed by atoms with Crippen LogP contribution in [0.1, 0.15) is 4.88 Å². The molecule has 0 spiro atoms. The van der Waals surface area contributed by atoms with Crippen molar-refractivity contribution in [3.05, 3.63) is 54.1 Å². The molecule has 0 aliphatic carbocycles. The second-order valence-electron chi connectivity index (χ2n) is 3.50. The van der Waals surface area contributed by atoms with E-state index < -0.39 is 4.92 Å². The minimum absolute atomic E-state index is 0.0156. The molecule has 4 nitrogen and oxygen atoms in total. The zero-order valence-electron chi connectivity index (χ0n) is 9.02. The number of nitro benzene ring substituents is 1. The molecule has 0 saturated heterocycles. The van der Waals surface area contributed by atoms with Gasteiger partial charge in [-0.1, -0.05) is 11.6 Å². The number of hydrogen-bond acceptors (Lipinski definition) is 4. The molecule has 0 aliphatic rings. The molecule has 0 atom stereocenters. The number of halogens is 2. The van der Waals surface area contributed by atoms with Crippen molar-refractivity contribution < 1.29 is 4.92 Å². The van der Waals surface area contributed by atoms with Crippen LogP contribution in [0.3, 0.4) is 0 Å². The van der Waals surface area contributed by atoms with Crippen molar-refractivity contribution in [2.24, 2.45) is 0 Å². The summed E-state index contributed by atoms with van der Waals surface area (Å²) < 4.78 is 1.01. The highest BCUT2D eigenvalue weighted by Gasteiger charge is 2.14. The molecule has 0 unspecified atom stereocenters. The Morgan fingerprint density at radius 2 is 2.22 bits per heavy atom. The molecule has 7 heteroatoms. The summed E-state index contributed by atoms with van der Waals surface area (Å²) in [6, 6.07) is 6.55. The molecule has 1 N–H and O–H groups in total. The van der Waals surface area contributed by atoms with Crippen LogP contribution in [0.2, 0.25) is 5.02 Å². The average molecular weight is 348 g/mol. The summed E-state index contributed by atoms with van der Waals surface area (Å²) in [4.78, 5) is 11.5. The average Bonchev–Trinajstić information content (AvgIpc) is 2.73. The fourth-order valence-corrected chi connectivity index (χ4v) is 2.99. The predicted octanol–water partition coefficient (Wildman–Crippen LogP) is 4.68. The molecule has 18 heavy (non-hydrogen) atoms. The third-order valence-electron chi connectivity index (χ3n) is 2.23. The Morgan fingerprint density at radius 1 is 1.44 bits per heavy atom. The molecule has 2 aromatic rings. The van der Waals surface area contributed by atoms with E-state index in [0.717, 1.165) is 9.35 Å². The molecule has 0 aliphatic heterocycles. The quantitative estimate of drug-likeness (QED) is 0.645. The zero-order valence-corrected chi connectivity index (χ0v) is 12.2. The number of rotatable bonds is 4. The van der Waals surface area contributed by atoms with Crippen molar-refractivity contribution in [1.82, 2.24) is 0 Å². The Morgan fingerprint density at radius 3 is 2.83 bits per heavy atom. The maximum atomic E-state index is 10.9. The number of anilines is 1. The van der Waals surface area contributed by atoms with Gasteiger partial charge in [-0.15, -0.1) is 11.3 Å². The molecule has 0 amide bonds. The van der Waals surface area contributed by atoms with Crippen molar-refractivity contribution in [3.8, 4) is 0 Å². The van der Waals surface area contributed by atoms with Gasteiger partial charge in [0, 0.05) is 32.4 Å². The molecule has 0 radical (unpaired) electrons. The fourth-order valence-electron chi connectivity index (χ4n) is 1.43. The molecule has 1 aromatic heterocycles. The number of nitrogens with zero attached hydrogens (tertiary/aromatic N) is 1. The molecule has 2 rings (SSSR count). The second kappa shape index (κ2) is 5.69. The molecular formula is C11H8BrClN2O2S. The second-order valence-corrected chi connectivity index (χ2v) is 5.85. The third-order valence-corrected chi connectivity index (χ3v) is 4.16. The molecule has 0 bridgehead atoms. The van der Waals surface area contributed by atoms with Crippen LogP contribution in [-0.4, -0.2) is 4.92 Å². The van der Waals surface area contributed by atoms with Crippen LogP contribution < -0.4 is 5.32 Å². The normalized spacial score (nSPS) is 10.3. The zero-order chi connectivity index (χ0) is 13.1. The van der Waals surface area contributed by atoms with Crippen LogP contribution in [0.5, 0.6) is 0 Å². The third kappa shape index (κ3) is 3.22. The van der Waals surface area contributed by atoms with E-state index in [4.69, 9.17) is 11.6 Å². The Hall–Kier alpha value is -1.11. The van der Waals surface area contributed by atoms with Crippen LogP contribution >= 0.6 is 38.9 Å². The minimum Gasteiger partial charge on any atom is -0.375 e. The van der Waals surface area contributed by atoms with E-state index in [1.807, 2.05) is 11.4 Å². The van der Waals surface area contributed by atoms with Gasteiger partial charge in [0.2, 0.25) is 0 Å². The van der Waals surface area contributed by atoms with E-state index in [2.05, 4.69) is 21.2 Å². The first-order chi connectivity index (χ1) is 8.56. The van der Waals surface area contributed by atoms with Crippen LogP contribution in [0.25, 0.3) is 0 Å². The molecule has 0 fully saturated rings. The van der Waals surface area contributed by atoms with Crippen LogP contribution in [-0.2, 0) is 6.54 Å². The van der Waals surface area contributed by atoms with Crippen molar-refractivity contribution in [2.75, 3.05) is 5.32 Å². The van der Waals surface area contributed by atoms with Gasteiger partial charge in [0.25, 0.3) is 5.69 Å². The van der Waals surface area contributed by atoms with E-state index >= 15 is 0 Å². The van der Waals surface area contributed by atoms with E-state index in [1.165, 1.54) is 6.07 Å². The van der Waals surface area contributed by atoms with Crippen molar-refractivity contribution in [2.45, 2.75) is 6.54 Å². The van der Waals surface area contributed by atoms with E-state index in [9.17, 15) is 10.1 Å². The SMILES string of the molecule is O=[N+]([O-])c1cc(Cl)ccc1NCc1cc(Br)cs1. The smallest absolute Gasteiger partial charge is 0.293 e. The highest BCUT2D eigenvalue weighted by Crippen LogP contribution is 2.29. The summed E-state index contributed by atoms with van der Waals surface area (Å²) >= 11 is 10.7. The van der Waals surface area contributed by atoms with Gasteiger partial charge < -0.3 is 5.32 Å². The lowest BCUT2D eigenvalue weighted by Gasteiger charge is -2.05. The Bertz CT molecular complexity index is 588. The Balaban J connectivity index is 2.16. The largest absolute Gasteiger partial charge is 0.375 e. The lowest BCUT2D eigenvalue weighted by atomic mass is 10.2. The van der Waals surface area contributed by atoms with Gasteiger partial charge in [-0.05, 0) is 34.1 Å². The maximum absolute atomic E-state index is 10.9. The lowest BCUT2D eigenvalue weighted by molar-refractivity contribution is -0.383. The Kier molecular flexibility index (Phi) is 4.21. The first kappa shape index (κ1) is 13.3. The van der Waals surface area contributed by atoms with E-state index in [1.54, 1.807) is 23.5 Å². The standard InChI is InChI=1S/C11H8BrClN2O2S/c12-7-3-9(18-6-7)5-14-10-2-1-8(13)4-11(10)15(16)17/h1-4,6,14H,5H2. The Labute approximate surface area is 121 Å². The highest BCUT2D eigenvalue weighted by molar-refractivity contribution is 9.10. The van der Waals surface area contributed by atoms with Crippen molar-refractivity contribution in [3.63, 3.8) is 0 Å². The number of thiophene rings is 1. The maximum Gasteiger partial charge on any atom is 0.293 e. The molecule has 0 saturated carbocycles. The van der Waals surface area contributed by atoms with Gasteiger partial charge in [-0.3, -0.25) is 10.1 Å². The van der Waals surface area contributed by atoms with Crippen LogP contribution in [0.15, 0.2) is 34.1 Å². The predicted molar refractivity (Wildman–Crippen MR) is 77.5 cm³/mol. The molecule has 1 heterocycles. The van der Waals surface area contributed by atoms with E-state index in [0.29, 0.717) is 17.3 Å². The van der Waals surface area contributed by atoms with Crippen molar-refractivity contribution >= 4 is 50.2 Å². The number of nitrogens with one attached hydrogen (secondary N) is 1. The minimum atomic E-state index is -0.446. The number of nitro groups is 1. The topological polar surface area (TPSA) is 55.2 Å². The molecule has 94 valence electrons. The van der Waals surface area contributed by atoms with Gasteiger partial charge in [0.15, 0.2) is 0 Å². The lowest BCUT2D eigenvalue weighted by Crippen LogP contribution is -2.01. The van der Waals surface area contributed by atoms with Gasteiger partial charge in [-0.2, -0.15) is 0 Å². The molecular weight excluding hydrogens is 340 g/mol.